The van der Waals surface area contributed by atoms with Crippen molar-refractivity contribution >= 4 is 5.91 Å². The monoisotopic (exact) mass is 436 g/mol. The van der Waals surface area contributed by atoms with Crippen molar-refractivity contribution in [2.75, 3.05) is 34.4 Å². The predicted molar refractivity (Wildman–Crippen MR) is 117 cm³/mol. The Hall–Kier alpha value is -3.88. The number of benzene rings is 1. The van der Waals surface area contributed by atoms with E-state index in [1.165, 1.54) is 27.4 Å². The van der Waals surface area contributed by atoms with Gasteiger partial charge in [0, 0.05) is 36.8 Å². The Bertz CT molecular complexity index is 1150. The van der Waals surface area contributed by atoms with Crippen molar-refractivity contribution in [2.24, 2.45) is 0 Å². The van der Waals surface area contributed by atoms with E-state index in [-0.39, 0.29) is 17.4 Å². The van der Waals surface area contributed by atoms with Crippen molar-refractivity contribution < 1.29 is 19.0 Å². The number of nitrogens with one attached hydrogen (secondary N) is 1. The van der Waals surface area contributed by atoms with Crippen LogP contribution in [0, 0.1) is 0 Å². The Morgan fingerprint density at radius 1 is 1.06 bits per heavy atom. The largest absolute Gasteiger partial charge is 0.493 e. The number of rotatable bonds is 6. The van der Waals surface area contributed by atoms with Crippen molar-refractivity contribution in [2.45, 2.75) is 12.3 Å². The summed E-state index contributed by atoms with van der Waals surface area (Å²) < 4.78 is 16.0. The highest BCUT2D eigenvalue weighted by atomic mass is 16.5. The summed E-state index contributed by atoms with van der Waals surface area (Å²) in [5.41, 5.74) is 1.33. The molecule has 1 aromatic carbocycles. The Morgan fingerprint density at radius 3 is 2.44 bits per heavy atom. The molecule has 9 nitrogen and oxygen atoms in total. The first-order valence-corrected chi connectivity index (χ1v) is 10.2. The van der Waals surface area contributed by atoms with Gasteiger partial charge in [0.15, 0.2) is 11.5 Å². The lowest BCUT2D eigenvalue weighted by Gasteiger charge is -2.19. The van der Waals surface area contributed by atoms with Crippen LogP contribution < -0.4 is 19.8 Å². The molecule has 0 unspecified atom stereocenters. The van der Waals surface area contributed by atoms with E-state index in [1.807, 2.05) is 6.07 Å². The normalized spacial score (nSPS) is 15.5. The number of ether oxygens (including phenoxy) is 3. The number of carbonyl (C=O) groups excluding carboxylic acids is 1. The van der Waals surface area contributed by atoms with E-state index in [1.54, 1.807) is 35.4 Å². The molecule has 0 radical (unpaired) electrons. The maximum absolute atomic E-state index is 13.2. The third-order valence-electron chi connectivity index (χ3n) is 5.46. The second kappa shape index (κ2) is 9.09. The van der Waals surface area contributed by atoms with E-state index >= 15 is 0 Å². The first-order valence-electron chi connectivity index (χ1n) is 10.2. The lowest BCUT2D eigenvalue weighted by Crippen LogP contribution is -2.29. The van der Waals surface area contributed by atoms with Crippen LogP contribution in [0.5, 0.6) is 17.2 Å². The first-order chi connectivity index (χ1) is 15.5. The lowest BCUT2D eigenvalue weighted by molar-refractivity contribution is 0.0789. The lowest BCUT2D eigenvalue weighted by atomic mass is 10.1. The van der Waals surface area contributed by atoms with Gasteiger partial charge in [0.05, 0.1) is 32.7 Å². The summed E-state index contributed by atoms with van der Waals surface area (Å²) in [6.07, 6.45) is 2.34. The predicted octanol–water partition coefficient (Wildman–Crippen LogP) is 2.49. The van der Waals surface area contributed by atoms with Gasteiger partial charge >= 0.3 is 0 Å². The number of aromatic nitrogens is 3. The number of methoxy groups -OCH3 is 3. The van der Waals surface area contributed by atoms with Gasteiger partial charge in [-0.05, 0) is 30.7 Å². The van der Waals surface area contributed by atoms with Crippen LogP contribution in [0.2, 0.25) is 0 Å². The van der Waals surface area contributed by atoms with Crippen molar-refractivity contribution in [3.63, 3.8) is 0 Å². The molecule has 1 aliphatic heterocycles. The number of hydrogen-bond acceptors (Lipinski definition) is 7. The van der Waals surface area contributed by atoms with E-state index < -0.39 is 0 Å². The van der Waals surface area contributed by atoms with E-state index in [0.717, 1.165) is 0 Å². The molecule has 0 aliphatic carbocycles. The van der Waals surface area contributed by atoms with E-state index in [2.05, 4.69) is 15.0 Å². The van der Waals surface area contributed by atoms with Crippen LogP contribution in [-0.2, 0) is 0 Å². The Kier molecular flexibility index (Phi) is 6.07. The zero-order valence-electron chi connectivity index (χ0n) is 18.1. The van der Waals surface area contributed by atoms with Crippen LogP contribution in [0.1, 0.15) is 28.5 Å². The fraction of sp³-hybridized carbons (Fsp3) is 0.304. The molecule has 0 saturated carbocycles. The minimum atomic E-state index is -0.245. The Morgan fingerprint density at radius 2 is 1.81 bits per heavy atom. The molecule has 2 aromatic heterocycles. The Balaban J connectivity index is 1.57. The standard InChI is InChI=1S/C23H24N4O5/c1-30-18-10-15(11-19(31-2)21(18)32-3)23(29)27-9-7-14(13-27)22-25-17(12-20(28)26-22)16-6-4-5-8-24-16/h4-6,8,10-12,14H,7,9,13H2,1-3H3,(H,25,26,28)/t14-/m0/s1. The second-order valence-corrected chi connectivity index (χ2v) is 7.38. The maximum atomic E-state index is 13.2. The average molecular weight is 436 g/mol. The molecule has 166 valence electrons. The summed E-state index contributed by atoms with van der Waals surface area (Å²) in [4.78, 5) is 38.9. The smallest absolute Gasteiger partial charge is 0.254 e. The molecular formula is C23H24N4O5. The molecule has 1 saturated heterocycles. The minimum Gasteiger partial charge on any atom is -0.493 e. The van der Waals surface area contributed by atoms with Crippen molar-refractivity contribution in [3.8, 4) is 28.6 Å². The molecule has 1 fully saturated rings. The van der Waals surface area contributed by atoms with Gasteiger partial charge in [0.1, 0.15) is 5.82 Å². The molecule has 9 heteroatoms. The number of hydrogen-bond donors (Lipinski definition) is 1. The van der Waals surface area contributed by atoms with E-state index in [0.29, 0.717) is 59.5 Å². The summed E-state index contributed by atoms with van der Waals surface area (Å²) in [6, 6.07) is 10.2. The van der Waals surface area contributed by atoms with Crippen LogP contribution in [0.25, 0.3) is 11.4 Å². The van der Waals surface area contributed by atoms with Crippen LogP contribution in [0.15, 0.2) is 47.4 Å². The molecule has 0 spiro atoms. The highest BCUT2D eigenvalue weighted by Crippen LogP contribution is 2.39. The number of pyridine rings is 1. The molecule has 3 aromatic rings. The molecular weight excluding hydrogens is 412 g/mol. The SMILES string of the molecule is COc1cc(C(=O)N2CC[C@H](c3nc(-c4ccccn4)cc(=O)[nH]3)C2)cc(OC)c1OC. The third-order valence-corrected chi connectivity index (χ3v) is 5.46. The van der Waals surface area contributed by atoms with Crippen LogP contribution in [0.3, 0.4) is 0 Å². The number of H-pyrrole nitrogens is 1. The van der Waals surface area contributed by atoms with E-state index in [4.69, 9.17) is 14.2 Å². The van der Waals surface area contributed by atoms with Gasteiger partial charge in [-0.15, -0.1) is 0 Å². The van der Waals surface area contributed by atoms with Gasteiger partial charge in [0.25, 0.3) is 11.5 Å². The maximum Gasteiger partial charge on any atom is 0.254 e. The quantitative estimate of drug-likeness (QED) is 0.633. The van der Waals surface area contributed by atoms with Crippen molar-refractivity contribution in [1.29, 1.82) is 0 Å². The zero-order valence-corrected chi connectivity index (χ0v) is 18.1. The molecule has 1 atom stereocenters. The van der Waals surface area contributed by atoms with Gasteiger partial charge in [-0.25, -0.2) is 4.98 Å². The molecule has 4 rings (SSSR count). The molecule has 1 amide bonds. The highest BCUT2D eigenvalue weighted by Gasteiger charge is 2.31. The number of amides is 1. The number of aromatic amines is 1. The summed E-state index contributed by atoms with van der Waals surface area (Å²) in [5, 5.41) is 0. The van der Waals surface area contributed by atoms with Gasteiger partial charge in [-0.2, -0.15) is 0 Å². The first kappa shape index (κ1) is 21.4. The number of nitrogens with zero attached hydrogens (tertiary/aromatic N) is 3. The Labute approximate surface area is 185 Å². The van der Waals surface area contributed by atoms with Crippen LogP contribution in [-0.4, -0.2) is 60.2 Å². The zero-order chi connectivity index (χ0) is 22.7. The fourth-order valence-electron chi connectivity index (χ4n) is 3.87. The molecule has 1 N–H and O–H groups in total. The molecule has 1 aliphatic rings. The molecule has 3 heterocycles. The fourth-order valence-corrected chi connectivity index (χ4v) is 3.87. The van der Waals surface area contributed by atoms with Crippen LogP contribution in [0.4, 0.5) is 0 Å². The molecule has 0 bridgehead atoms. The summed E-state index contributed by atoms with van der Waals surface area (Å²) in [5.74, 6) is 1.57. The van der Waals surface area contributed by atoms with Gasteiger partial charge in [0.2, 0.25) is 5.75 Å². The topological polar surface area (TPSA) is 107 Å². The van der Waals surface area contributed by atoms with E-state index in [9.17, 15) is 9.59 Å². The minimum absolute atomic E-state index is 0.0858. The van der Waals surface area contributed by atoms with Gasteiger partial charge in [-0.1, -0.05) is 6.07 Å². The number of carbonyl (C=O) groups is 1. The average Bonchev–Trinajstić information content (AvgIpc) is 3.33. The van der Waals surface area contributed by atoms with Crippen molar-refractivity contribution in [1.82, 2.24) is 19.9 Å². The van der Waals surface area contributed by atoms with Gasteiger partial charge in [-0.3, -0.25) is 14.6 Å². The summed E-state index contributed by atoms with van der Waals surface area (Å²) in [6.45, 7) is 0.974. The summed E-state index contributed by atoms with van der Waals surface area (Å²) in [7, 11) is 4.53. The van der Waals surface area contributed by atoms with Crippen LogP contribution >= 0.6 is 0 Å². The molecule has 32 heavy (non-hydrogen) atoms. The number of likely N-dealkylation sites (tertiary alicyclic amines) is 1. The highest BCUT2D eigenvalue weighted by molar-refractivity contribution is 5.96. The van der Waals surface area contributed by atoms with Crippen molar-refractivity contribution in [3.05, 3.63) is 64.3 Å². The summed E-state index contributed by atoms with van der Waals surface area (Å²) >= 11 is 0. The van der Waals surface area contributed by atoms with Gasteiger partial charge < -0.3 is 24.1 Å². The second-order valence-electron chi connectivity index (χ2n) is 7.38. The third kappa shape index (κ3) is 4.14.